The molecule has 1 atom stereocenters. The van der Waals surface area contributed by atoms with E-state index in [-0.39, 0.29) is 11.9 Å². The lowest BCUT2D eigenvalue weighted by Gasteiger charge is -2.31. The molecule has 3 amide bonds. The van der Waals surface area contributed by atoms with E-state index in [1.54, 1.807) is 0 Å². The molecule has 0 radical (unpaired) electrons. The van der Waals surface area contributed by atoms with Gasteiger partial charge < -0.3 is 10.6 Å². The van der Waals surface area contributed by atoms with Gasteiger partial charge >= 0.3 is 6.03 Å². The Labute approximate surface area is 115 Å². The molecule has 0 spiro atoms. The van der Waals surface area contributed by atoms with Gasteiger partial charge in [-0.2, -0.15) is 0 Å². The number of unbranched alkanes of at least 4 members (excludes halogenated alkanes) is 1. The Balaban J connectivity index is 2.21. The molecule has 1 saturated heterocycles. The van der Waals surface area contributed by atoms with E-state index >= 15 is 0 Å². The molecule has 1 aliphatic heterocycles. The number of urea groups is 1. The highest BCUT2D eigenvalue weighted by molar-refractivity contribution is 5.95. The topological polar surface area (TPSA) is 73.5 Å². The second kappa shape index (κ2) is 8.87. The zero-order valence-corrected chi connectivity index (χ0v) is 12.0. The number of amides is 3. The second-order valence-electron chi connectivity index (χ2n) is 5.02. The van der Waals surface area contributed by atoms with Crippen molar-refractivity contribution in [3.63, 3.8) is 0 Å². The maximum Gasteiger partial charge on any atom is 0.321 e. The van der Waals surface area contributed by atoms with Gasteiger partial charge in [0.15, 0.2) is 0 Å². The van der Waals surface area contributed by atoms with E-state index in [0.29, 0.717) is 19.1 Å². The fourth-order valence-electron chi connectivity index (χ4n) is 2.23. The fourth-order valence-corrected chi connectivity index (χ4v) is 2.23. The number of imide groups is 1. The summed E-state index contributed by atoms with van der Waals surface area (Å²) in [4.78, 5) is 25.2. The van der Waals surface area contributed by atoms with Gasteiger partial charge in [0.25, 0.3) is 0 Å². The molecule has 0 aliphatic carbocycles. The van der Waals surface area contributed by atoms with Crippen LogP contribution < -0.4 is 16.0 Å². The van der Waals surface area contributed by atoms with Crippen LogP contribution in [0, 0.1) is 0 Å². The van der Waals surface area contributed by atoms with Crippen LogP contribution >= 0.6 is 0 Å². The Kier molecular flexibility index (Phi) is 7.43. The largest absolute Gasteiger partial charge is 0.338 e. The second-order valence-corrected chi connectivity index (χ2v) is 5.02. The minimum Gasteiger partial charge on any atom is -0.338 e. The smallest absolute Gasteiger partial charge is 0.321 e. The third-order valence-electron chi connectivity index (χ3n) is 3.35. The van der Waals surface area contributed by atoms with E-state index in [9.17, 15) is 9.59 Å². The number of nitrogens with one attached hydrogen (secondary N) is 3. The average molecular weight is 270 g/mol. The van der Waals surface area contributed by atoms with Crippen LogP contribution in [0.25, 0.3) is 0 Å². The van der Waals surface area contributed by atoms with Gasteiger partial charge in [0, 0.05) is 19.1 Å². The SMILES string of the molecule is CCCCNC(=O)NC(=O)CN1CCCC(NC)C1. The normalized spacial score (nSPS) is 20.0. The number of piperidine rings is 1. The molecule has 3 N–H and O–H groups in total. The number of hydrogen-bond donors (Lipinski definition) is 3. The zero-order chi connectivity index (χ0) is 14.1. The van der Waals surface area contributed by atoms with E-state index in [2.05, 4.69) is 27.8 Å². The molecular weight excluding hydrogens is 244 g/mol. The predicted octanol–water partition coefficient (Wildman–Crippen LogP) is 0.296. The standard InChI is InChI=1S/C13H26N4O2/c1-3-4-7-15-13(19)16-12(18)10-17-8-5-6-11(9-17)14-2/h11,14H,3-10H2,1-2H3,(H2,15,16,18,19). The number of carbonyl (C=O) groups excluding carboxylic acids is 2. The van der Waals surface area contributed by atoms with Crippen LogP contribution in [0.1, 0.15) is 32.6 Å². The van der Waals surface area contributed by atoms with Gasteiger partial charge in [0.1, 0.15) is 0 Å². The minimum atomic E-state index is -0.388. The Hall–Kier alpha value is -1.14. The van der Waals surface area contributed by atoms with Crippen molar-refractivity contribution < 1.29 is 9.59 Å². The first-order valence-electron chi connectivity index (χ1n) is 7.13. The summed E-state index contributed by atoms with van der Waals surface area (Å²) in [6.45, 7) is 4.74. The van der Waals surface area contributed by atoms with Gasteiger partial charge in [-0.1, -0.05) is 13.3 Å². The maximum absolute atomic E-state index is 11.7. The average Bonchev–Trinajstić information content (AvgIpc) is 2.39. The van der Waals surface area contributed by atoms with Crippen molar-refractivity contribution >= 4 is 11.9 Å². The third-order valence-corrected chi connectivity index (χ3v) is 3.35. The van der Waals surface area contributed by atoms with Gasteiger partial charge in [0.2, 0.25) is 5.91 Å². The Morgan fingerprint density at radius 3 is 2.84 bits per heavy atom. The van der Waals surface area contributed by atoms with Crippen LogP contribution in [-0.4, -0.2) is 56.1 Å². The van der Waals surface area contributed by atoms with E-state index in [4.69, 9.17) is 0 Å². The van der Waals surface area contributed by atoms with Crippen molar-refractivity contribution in [2.24, 2.45) is 0 Å². The summed E-state index contributed by atoms with van der Waals surface area (Å²) in [5, 5.41) is 8.27. The number of hydrogen-bond acceptors (Lipinski definition) is 4. The van der Waals surface area contributed by atoms with Crippen molar-refractivity contribution in [3.05, 3.63) is 0 Å². The van der Waals surface area contributed by atoms with Gasteiger partial charge in [-0.15, -0.1) is 0 Å². The summed E-state index contributed by atoms with van der Waals surface area (Å²) in [5.74, 6) is -0.231. The quantitative estimate of drug-likeness (QED) is 0.607. The molecule has 110 valence electrons. The van der Waals surface area contributed by atoms with E-state index in [1.165, 1.54) is 0 Å². The molecule has 1 aliphatic rings. The van der Waals surface area contributed by atoms with Gasteiger partial charge in [-0.05, 0) is 32.9 Å². The number of likely N-dealkylation sites (tertiary alicyclic amines) is 1. The monoisotopic (exact) mass is 270 g/mol. The van der Waals surface area contributed by atoms with Crippen molar-refractivity contribution in [1.82, 2.24) is 20.9 Å². The molecule has 0 aromatic heterocycles. The molecule has 0 aromatic rings. The van der Waals surface area contributed by atoms with Gasteiger partial charge in [-0.3, -0.25) is 15.0 Å². The van der Waals surface area contributed by atoms with Gasteiger partial charge in [-0.25, -0.2) is 4.79 Å². The Bertz CT molecular complexity index is 296. The molecule has 1 rings (SSSR count). The highest BCUT2D eigenvalue weighted by Gasteiger charge is 2.20. The summed E-state index contributed by atoms with van der Waals surface area (Å²) in [6.07, 6.45) is 4.18. The van der Waals surface area contributed by atoms with Crippen LogP contribution in [0.15, 0.2) is 0 Å². The van der Waals surface area contributed by atoms with Crippen LogP contribution in [-0.2, 0) is 4.79 Å². The van der Waals surface area contributed by atoms with Crippen molar-refractivity contribution in [2.75, 3.05) is 33.2 Å². The summed E-state index contributed by atoms with van der Waals surface area (Å²) >= 11 is 0. The van der Waals surface area contributed by atoms with Crippen molar-refractivity contribution in [3.8, 4) is 0 Å². The highest BCUT2D eigenvalue weighted by atomic mass is 16.2. The first-order valence-corrected chi connectivity index (χ1v) is 7.13. The lowest BCUT2D eigenvalue weighted by molar-refractivity contribution is -0.121. The van der Waals surface area contributed by atoms with E-state index in [0.717, 1.165) is 38.8 Å². The zero-order valence-electron chi connectivity index (χ0n) is 12.0. The molecule has 6 nitrogen and oxygen atoms in total. The van der Waals surface area contributed by atoms with Crippen LogP contribution in [0.4, 0.5) is 4.79 Å². The summed E-state index contributed by atoms with van der Waals surface area (Å²) in [7, 11) is 1.94. The van der Waals surface area contributed by atoms with E-state index in [1.807, 2.05) is 7.05 Å². The van der Waals surface area contributed by atoms with Crippen LogP contribution in [0.5, 0.6) is 0 Å². The van der Waals surface area contributed by atoms with Crippen LogP contribution in [0.3, 0.4) is 0 Å². The third kappa shape index (κ3) is 6.54. The molecule has 6 heteroatoms. The number of rotatable bonds is 6. The summed E-state index contributed by atoms with van der Waals surface area (Å²) in [5.41, 5.74) is 0. The molecular formula is C13H26N4O2. The van der Waals surface area contributed by atoms with Crippen molar-refractivity contribution in [2.45, 2.75) is 38.6 Å². The first kappa shape index (κ1) is 15.9. The van der Waals surface area contributed by atoms with Gasteiger partial charge in [0.05, 0.1) is 6.54 Å². The maximum atomic E-state index is 11.7. The molecule has 0 bridgehead atoms. The molecule has 0 saturated carbocycles. The molecule has 19 heavy (non-hydrogen) atoms. The highest BCUT2D eigenvalue weighted by Crippen LogP contribution is 2.08. The Morgan fingerprint density at radius 1 is 1.37 bits per heavy atom. The number of likely N-dealkylation sites (N-methyl/N-ethyl adjacent to an activating group) is 1. The molecule has 1 unspecified atom stereocenters. The van der Waals surface area contributed by atoms with Crippen LogP contribution in [0.2, 0.25) is 0 Å². The predicted molar refractivity (Wildman–Crippen MR) is 75.0 cm³/mol. The molecule has 1 heterocycles. The molecule has 1 fully saturated rings. The summed E-state index contributed by atoms with van der Waals surface area (Å²) < 4.78 is 0. The lowest BCUT2D eigenvalue weighted by atomic mass is 10.1. The summed E-state index contributed by atoms with van der Waals surface area (Å²) in [6, 6.07) is 0.0561. The van der Waals surface area contributed by atoms with Crippen molar-refractivity contribution in [1.29, 1.82) is 0 Å². The minimum absolute atomic E-state index is 0.231. The first-order chi connectivity index (χ1) is 9.15. The number of carbonyl (C=O) groups is 2. The number of nitrogens with zero attached hydrogens (tertiary/aromatic N) is 1. The Morgan fingerprint density at radius 2 is 2.16 bits per heavy atom. The molecule has 0 aromatic carbocycles. The lowest BCUT2D eigenvalue weighted by Crippen LogP contribution is -2.50. The van der Waals surface area contributed by atoms with E-state index < -0.39 is 0 Å². The fraction of sp³-hybridized carbons (Fsp3) is 0.846.